The molecular weight excluding hydrogens is 311 g/mol. The minimum Gasteiger partial charge on any atom is -0.334 e. The smallest absolute Gasteiger partial charge is 0.313 e. The lowest BCUT2D eigenvalue weighted by atomic mass is 10.2. The first-order chi connectivity index (χ1) is 10.0. The third-order valence-corrected chi connectivity index (χ3v) is 3.78. The first-order valence-electron chi connectivity index (χ1n) is 7.05. The van der Waals surface area contributed by atoms with Crippen molar-refractivity contribution in [2.24, 2.45) is 0 Å². The lowest BCUT2D eigenvalue weighted by molar-refractivity contribution is -0.143. The Kier molecular flexibility index (Phi) is 7.54. The summed E-state index contributed by atoms with van der Waals surface area (Å²) in [5, 5.41) is 3.08. The van der Waals surface area contributed by atoms with Gasteiger partial charge in [0.15, 0.2) is 0 Å². The fraction of sp³-hybridized carbons (Fsp3) is 0.467. The molecule has 1 aromatic rings. The molecule has 0 aliphatic heterocycles. The fourth-order valence-corrected chi connectivity index (χ4v) is 2.20. The van der Waals surface area contributed by atoms with Gasteiger partial charge in [-0.25, -0.2) is 0 Å². The van der Waals surface area contributed by atoms with Crippen molar-refractivity contribution in [2.45, 2.75) is 33.1 Å². The zero-order valence-electron chi connectivity index (χ0n) is 12.3. The van der Waals surface area contributed by atoms with E-state index in [1.165, 1.54) is 0 Å². The first kappa shape index (κ1) is 17.8. The Hall–Kier alpha value is -1.26. The van der Waals surface area contributed by atoms with Gasteiger partial charge in [0.1, 0.15) is 0 Å². The molecule has 2 amide bonds. The monoisotopic (exact) mass is 330 g/mol. The van der Waals surface area contributed by atoms with Gasteiger partial charge in [0, 0.05) is 13.1 Å². The maximum Gasteiger partial charge on any atom is 0.313 e. The third-order valence-electron chi connectivity index (χ3n) is 2.96. The average molecular weight is 331 g/mol. The zero-order chi connectivity index (χ0) is 15.8. The number of nitrogens with one attached hydrogen (secondary N) is 1. The van der Waals surface area contributed by atoms with Crippen LogP contribution in [-0.4, -0.2) is 29.8 Å². The van der Waals surface area contributed by atoms with Crippen LogP contribution in [0.3, 0.4) is 0 Å². The molecule has 0 aromatic heterocycles. The third kappa shape index (κ3) is 5.21. The van der Waals surface area contributed by atoms with E-state index in [1.54, 1.807) is 23.1 Å². The molecule has 0 spiro atoms. The number of amides is 2. The number of carbonyl (C=O) groups is 2. The van der Waals surface area contributed by atoms with Gasteiger partial charge >= 0.3 is 11.8 Å². The van der Waals surface area contributed by atoms with Crippen molar-refractivity contribution in [3.63, 3.8) is 0 Å². The van der Waals surface area contributed by atoms with Gasteiger partial charge in [-0.3, -0.25) is 9.59 Å². The van der Waals surface area contributed by atoms with E-state index in [2.05, 4.69) is 5.32 Å². The van der Waals surface area contributed by atoms with E-state index in [1.807, 2.05) is 13.8 Å². The summed E-state index contributed by atoms with van der Waals surface area (Å²) in [5.74, 6) is -1.23. The predicted octanol–water partition coefficient (Wildman–Crippen LogP) is 3.97. The lowest BCUT2D eigenvalue weighted by Crippen LogP contribution is -2.40. The second kappa shape index (κ2) is 8.90. The molecule has 0 aliphatic rings. The van der Waals surface area contributed by atoms with Crippen LogP contribution in [0.1, 0.15) is 33.1 Å². The molecule has 1 aromatic carbocycles. The quantitative estimate of drug-likeness (QED) is 0.802. The van der Waals surface area contributed by atoms with Crippen LogP contribution in [0.2, 0.25) is 10.0 Å². The lowest BCUT2D eigenvalue weighted by Gasteiger charge is -2.21. The molecule has 0 bridgehead atoms. The maximum absolute atomic E-state index is 12.2. The van der Waals surface area contributed by atoms with Gasteiger partial charge in [0.05, 0.1) is 15.7 Å². The minimum absolute atomic E-state index is 0.232. The van der Waals surface area contributed by atoms with E-state index in [4.69, 9.17) is 23.2 Å². The topological polar surface area (TPSA) is 49.4 Å². The Labute approximate surface area is 135 Å². The minimum atomic E-state index is -0.691. The molecule has 0 saturated carbocycles. The molecule has 0 saturated heterocycles. The van der Waals surface area contributed by atoms with Gasteiger partial charge in [-0.2, -0.15) is 0 Å². The molecule has 116 valence electrons. The summed E-state index contributed by atoms with van der Waals surface area (Å²) in [6.07, 6.45) is 2.65. The highest BCUT2D eigenvalue weighted by atomic mass is 35.5. The number of anilines is 1. The molecule has 21 heavy (non-hydrogen) atoms. The Balaban J connectivity index is 2.76. The van der Waals surface area contributed by atoms with E-state index < -0.39 is 11.8 Å². The van der Waals surface area contributed by atoms with Gasteiger partial charge in [0.25, 0.3) is 0 Å². The van der Waals surface area contributed by atoms with Crippen LogP contribution in [0.4, 0.5) is 5.69 Å². The van der Waals surface area contributed by atoms with Crippen LogP contribution >= 0.6 is 23.2 Å². The van der Waals surface area contributed by atoms with Crippen LogP contribution in [0.5, 0.6) is 0 Å². The standard InChI is InChI=1S/C15H20Cl2N2O2/c1-3-5-10-19(9-4-2)15(21)14(20)18-12-8-6-7-11(16)13(12)17/h6-8H,3-5,9-10H2,1-2H3,(H,18,20). The number of unbranched alkanes of at least 4 members (excludes halogenated alkanes) is 1. The number of nitrogens with zero attached hydrogens (tertiary/aromatic N) is 1. The van der Waals surface area contributed by atoms with Crippen molar-refractivity contribution in [1.29, 1.82) is 0 Å². The largest absolute Gasteiger partial charge is 0.334 e. The van der Waals surface area contributed by atoms with E-state index in [-0.39, 0.29) is 5.02 Å². The molecule has 4 nitrogen and oxygen atoms in total. The van der Waals surface area contributed by atoms with Crippen LogP contribution in [0, 0.1) is 0 Å². The van der Waals surface area contributed by atoms with Crippen LogP contribution < -0.4 is 5.32 Å². The summed E-state index contributed by atoms with van der Waals surface area (Å²) in [5.41, 5.74) is 0.342. The molecule has 0 unspecified atom stereocenters. The highest BCUT2D eigenvalue weighted by Crippen LogP contribution is 2.29. The normalized spacial score (nSPS) is 10.3. The van der Waals surface area contributed by atoms with Crippen molar-refractivity contribution >= 4 is 40.7 Å². The van der Waals surface area contributed by atoms with Gasteiger partial charge < -0.3 is 10.2 Å². The second-order valence-electron chi connectivity index (χ2n) is 4.70. The average Bonchev–Trinajstić information content (AvgIpc) is 2.47. The highest BCUT2D eigenvalue weighted by Gasteiger charge is 2.21. The molecular formula is C15H20Cl2N2O2. The van der Waals surface area contributed by atoms with E-state index in [0.29, 0.717) is 23.8 Å². The Morgan fingerprint density at radius 1 is 1.14 bits per heavy atom. The molecule has 0 atom stereocenters. The number of hydrogen-bond acceptors (Lipinski definition) is 2. The van der Waals surface area contributed by atoms with Crippen molar-refractivity contribution in [2.75, 3.05) is 18.4 Å². The van der Waals surface area contributed by atoms with Crippen molar-refractivity contribution < 1.29 is 9.59 Å². The van der Waals surface area contributed by atoms with E-state index in [9.17, 15) is 9.59 Å². The molecule has 0 aliphatic carbocycles. The van der Waals surface area contributed by atoms with Crippen molar-refractivity contribution in [3.8, 4) is 0 Å². The highest BCUT2D eigenvalue weighted by molar-refractivity contribution is 6.45. The van der Waals surface area contributed by atoms with Gasteiger partial charge in [0.2, 0.25) is 0 Å². The Bertz CT molecular complexity index is 506. The summed E-state index contributed by atoms with van der Waals surface area (Å²) in [7, 11) is 0. The predicted molar refractivity (Wildman–Crippen MR) is 86.9 cm³/mol. The SMILES string of the molecule is CCCCN(CCC)C(=O)C(=O)Nc1cccc(Cl)c1Cl. The summed E-state index contributed by atoms with van der Waals surface area (Å²) in [6, 6.07) is 4.89. The van der Waals surface area contributed by atoms with E-state index >= 15 is 0 Å². The summed E-state index contributed by atoms with van der Waals surface area (Å²) >= 11 is 11.9. The number of rotatable bonds is 6. The van der Waals surface area contributed by atoms with E-state index in [0.717, 1.165) is 19.3 Å². The van der Waals surface area contributed by atoms with Crippen molar-refractivity contribution in [1.82, 2.24) is 4.90 Å². The van der Waals surface area contributed by atoms with Gasteiger partial charge in [-0.1, -0.05) is 49.5 Å². The first-order valence-corrected chi connectivity index (χ1v) is 7.81. The van der Waals surface area contributed by atoms with Crippen molar-refractivity contribution in [3.05, 3.63) is 28.2 Å². The number of hydrogen-bond donors (Lipinski definition) is 1. The molecule has 0 heterocycles. The zero-order valence-corrected chi connectivity index (χ0v) is 13.8. The Morgan fingerprint density at radius 2 is 1.86 bits per heavy atom. The molecule has 0 radical (unpaired) electrons. The van der Waals surface area contributed by atoms with Crippen LogP contribution in [-0.2, 0) is 9.59 Å². The van der Waals surface area contributed by atoms with Crippen LogP contribution in [0.25, 0.3) is 0 Å². The summed E-state index contributed by atoms with van der Waals surface area (Å²) < 4.78 is 0. The second-order valence-corrected chi connectivity index (χ2v) is 5.49. The summed E-state index contributed by atoms with van der Waals surface area (Å²) in [4.78, 5) is 25.8. The van der Waals surface area contributed by atoms with Gasteiger partial charge in [-0.05, 0) is 25.0 Å². The molecule has 1 rings (SSSR count). The molecule has 0 fully saturated rings. The summed E-state index contributed by atoms with van der Waals surface area (Å²) in [6.45, 7) is 5.16. The number of halogens is 2. The van der Waals surface area contributed by atoms with Crippen LogP contribution in [0.15, 0.2) is 18.2 Å². The molecule has 6 heteroatoms. The number of carbonyl (C=O) groups excluding carboxylic acids is 2. The Morgan fingerprint density at radius 3 is 2.48 bits per heavy atom. The molecule has 1 N–H and O–H groups in total. The number of benzene rings is 1. The maximum atomic E-state index is 12.2. The fourth-order valence-electron chi connectivity index (χ4n) is 1.85. The van der Waals surface area contributed by atoms with Gasteiger partial charge in [-0.15, -0.1) is 0 Å².